The van der Waals surface area contributed by atoms with Crippen LogP contribution in [-0.2, 0) is 16.0 Å². The molecular weight excluding hydrogens is 276 g/mol. The van der Waals surface area contributed by atoms with Gasteiger partial charge in [0.15, 0.2) is 0 Å². The molecule has 2 aromatic carbocycles. The molecule has 2 rings (SSSR count). The van der Waals surface area contributed by atoms with Crippen LogP contribution in [0.2, 0.25) is 0 Å². The van der Waals surface area contributed by atoms with E-state index in [2.05, 4.69) is 24.7 Å². The van der Waals surface area contributed by atoms with E-state index >= 15 is 0 Å². The van der Waals surface area contributed by atoms with Gasteiger partial charge in [0, 0.05) is 6.42 Å². The summed E-state index contributed by atoms with van der Waals surface area (Å²) in [6.07, 6.45) is 1.48. The second-order valence-corrected chi connectivity index (χ2v) is 5.84. The monoisotopic (exact) mass is 298 g/mol. The summed E-state index contributed by atoms with van der Waals surface area (Å²) in [5.74, 6) is 0.103. The molecule has 2 N–H and O–H groups in total. The zero-order valence-electron chi connectivity index (χ0n) is 13.1. The van der Waals surface area contributed by atoms with Crippen LogP contribution < -0.4 is 10.9 Å². The Kier molecular flexibility index (Phi) is 5.53. The Morgan fingerprint density at radius 3 is 2.41 bits per heavy atom. The maximum absolute atomic E-state index is 12.0. The number of rotatable bonds is 5. The van der Waals surface area contributed by atoms with Crippen LogP contribution >= 0.6 is 0 Å². The molecule has 0 bridgehead atoms. The van der Waals surface area contributed by atoms with Crippen LogP contribution in [0.4, 0.5) is 0 Å². The predicted molar refractivity (Wildman–Crippen MR) is 88.0 cm³/mol. The molecule has 0 fully saturated rings. The normalized spacial score (nSPS) is 10.7. The van der Waals surface area contributed by atoms with E-state index in [4.69, 9.17) is 0 Å². The second-order valence-electron chi connectivity index (χ2n) is 5.84. The van der Waals surface area contributed by atoms with Gasteiger partial charge in [-0.05, 0) is 28.7 Å². The lowest BCUT2D eigenvalue weighted by molar-refractivity contribution is -0.128. The molecule has 22 heavy (non-hydrogen) atoms. The highest BCUT2D eigenvalue weighted by molar-refractivity contribution is 5.90. The van der Waals surface area contributed by atoms with E-state index in [1.54, 1.807) is 0 Å². The summed E-state index contributed by atoms with van der Waals surface area (Å²) in [6.45, 7) is 4.12. The third-order valence-electron chi connectivity index (χ3n) is 3.52. The third-order valence-corrected chi connectivity index (χ3v) is 3.52. The summed E-state index contributed by atoms with van der Waals surface area (Å²) in [6, 6.07) is 13.8. The number of benzene rings is 2. The molecule has 116 valence electrons. The van der Waals surface area contributed by atoms with E-state index < -0.39 is 0 Å². The molecule has 2 aromatic rings. The van der Waals surface area contributed by atoms with Gasteiger partial charge in [-0.1, -0.05) is 56.3 Å². The number of carbonyl (C=O) groups is 2. The lowest BCUT2D eigenvalue weighted by Crippen LogP contribution is -2.42. The highest BCUT2D eigenvalue weighted by Crippen LogP contribution is 2.18. The first kappa shape index (κ1) is 16.0. The van der Waals surface area contributed by atoms with Crippen LogP contribution in [0.25, 0.3) is 10.8 Å². The van der Waals surface area contributed by atoms with E-state index in [0.717, 1.165) is 22.8 Å². The van der Waals surface area contributed by atoms with Crippen molar-refractivity contribution in [3.8, 4) is 0 Å². The minimum atomic E-state index is -0.214. The summed E-state index contributed by atoms with van der Waals surface area (Å²) in [5, 5.41) is 2.17. The lowest BCUT2D eigenvalue weighted by Gasteiger charge is -2.10. The minimum absolute atomic E-state index is 0.153. The van der Waals surface area contributed by atoms with E-state index in [9.17, 15) is 9.59 Å². The summed E-state index contributed by atoms with van der Waals surface area (Å²) < 4.78 is 0. The Bertz CT molecular complexity index is 660. The molecule has 0 radical (unpaired) electrons. The largest absolute Gasteiger partial charge is 0.273 e. The smallest absolute Gasteiger partial charge is 0.242 e. The number of hydrogen-bond donors (Lipinski definition) is 2. The van der Waals surface area contributed by atoms with Gasteiger partial charge in [-0.2, -0.15) is 0 Å². The first-order valence-electron chi connectivity index (χ1n) is 7.60. The van der Waals surface area contributed by atoms with Crippen molar-refractivity contribution in [2.45, 2.75) is 33.1 Å². The van der Waals surface area contributed by atoms with Gasteiger partial charge >= 0.3 is 0 Å². The number of hydrazine groups is 1. The molecule has 0 aliphatic rings. The lowest BCUT2D eigenvalue weighted by atomic mass is 10.0. The molecule has 4 nitrogen and oxygen atoms in total. The van der Waals surface area contributed by atoms with Crippen LogP contribution in [0.3, 0.4) is 0 Å². The van der Waals surface area contributed by atoms with Gasteiger partial charge in [-0.3, -0.25) is 20.4 Å². The molecule has 2 amide bonds. The van der Waals surface area contributed by atoms with Crippen molar-refractivity contribution in [1.82, 2.24) is 10.9 Å². The molecule has 0 heterocycles. The number of carbonyl (C=O) groups excluding carboxylic acids is 2. The Labute approximate surface area is 130 Å². The highest BCUT2D eigenvalue weighted by Gasteiger charge is 2.08. The topological polar surface area (TPSA) is 58.2 Å². The molecule has 0 aliphatic heterocycles. The predicted octanol–water partition coefficient (Wildman–Crippen LogP) is 2.97. The van der Waals surface area contributed by atoms with Crippen molar-refractivity contribution in [1.29, 1.82) is 0 Å². The van der Waals surface area contributed by atoms with Gasteiger partial charge in [-0.25, -0.2) is 0 Å². The quantitative estimate of drug-likeness (QED) is 0.834. The first-order chi connectivity index (χ1) is 10.6. The van der Waals surface area contributed by atoms with Crippen molar-refractivity contribution in [2.24, 2.45) is 5.92 Å². The summed E-state index contributed by atoms with van der Waals surface area (Å²) in [5.41, 5.74) is 5.90. The fourth-order valence-electron chi connectivity index (χ4n) is 2.29. The van der Waals surface area contributed by atoms with Crippen molar-refractivity contribution in [2.75, 3.05) is 0 Å². The Hall–Kier alpha value is -2.36. The standard InChI is InChI=1S/C18H22N2O2/c1-13(2)10-11-17(21)19-20-18(22)12-15-8-5-7-14-6-3-4-9-16(14)15/h3-9,13H,10-12H2,1-2H3,(H,19,21)(H,20,22). The molecule has 0 unspecified atom stereocenters. The van der Waals surface area contributed by atoms with Gasteiger partial charge in [0.05, 0.1) is 6.42 Å². The SMILES string of the molecule is CC(C)CCC(=O)NNC(=O)Cc1cccc2ccccc12. The Morgan fingerprint density at radius 1 is 0.955 bits per heavy atom. The summed E-state index contributed by atoms with van der Waals surface area (Å²) in [4.78, 5) is 23.6. The second kappa shape index (κ2) is 7.59. The van der Waals surface area contributed by atoms with E-state index in [-0.39, 0.29) is 18.2 Å². The highest BCUT2D eigenvalue weighted by atomic mass is 16.2. The van der Waals surface area contributed by atoms with Crippen LogP contribution in [0.15, 0.2) is 42.5 Å². The van der Waals surface area contributed by atoms with Gasteiger partial charge in [0.25, 0.3) is 0 Å². The molecule has 4 heteroatoms. The molecule has 0 saturated heterocycles. The first-order valence-corrected chi connectivity index (χ1v) is 7.60. The fourth-order valence-corrected chi connectivity index (χ4v) is 2.29. The van der Waals surface area contributed by atoms with Crippen molar-refractivity contribution in [3.63, 3.8) is 0 Å². The zero-order valence-corrected chi connectivity index (χ0v) is 13.1. The van der Waals surface area contributed by atoms with Gasteiger partial charge in [0.1, 0.15) is 0 Å². The van der Waals surface area contributed by atoms with Gasteiger partial charge in [0.2, 0.25) is 11.8 Å². The average Bonchev–Trinajstić information content (AvgIpc) is 2.51. The molecule has 0 spiro atoms. The van der Waals surface area contributed by atoms with Crippen LogP contribution in [0, 0.1) is 5.92 Å². The fraction of sp³-hybridized carbons (Fsp3) is 0.333. The number of hydrogen-bond acceptors (Lipinski definition) is 2. The molecule has 0 atom stereocenters. The zero-order chi connectivity index (χ0) is 15.9. The molecule has 0 saturated carbocycles. The van der Waals surface area contributed by atoms with Gasteiger partial charge in [-0.15, -0.1) is 0 Å². The summed E-state index contributed by atoms with van der Waals surface area (Å²) >= 11 is 0. The van der Waals surface area contributed by atoms with Crippen molar-refractivity contribution >= 4 is 22.6 Å². The third kappa shape index (κ3) is 4.58. The molecular formula is C18H22N2O2. The molecule has 0 aromatic heterocycles. The number of nitrogens with one attached hydrogen (secondary N) is 2. The van der Waals surface area contributed by atoms with Gasteiger partial charge < -0.3 is 0 Å². The van der Waals surface area contributed by atoms with E-state index in [1.165, 1.54) is 0 Å². The van der Waals surface area contributed by atoms with Crippen molar-refractivity contribution < 1.29 is 9.59 Å². The minimum Gasteiger partial charge on any atom is -0.273 e. The Morgan fingerprint density at radius 2 is 1.64 bits per heavy atom. The average molecular weight is 298 g/mol. The van der Waals surface area contributed by atoms with Crippen LogP contribution in [0.1, 0.15) is 32.3 Å². The number of amides is 2. The van der Waals surface area contributed by atoms with Crippen molar-refractivity contribution in [3.05, 3.63) is 48.0 Å². The van der Waals surface area contributed by atoms with Crippen LogP contribution in [-0.4, -0.2) is 11.8 Å². The maximum atomic E-state index is 12.0. The maximum Gasteiger partial charge on any atom is 0.242 e. The molecule has 0 aliphatic carbocycles. The van der Waals surface area contributed by atoms with E-state index in [1.807, 2.05) is 42.5 Å². The van der Waals surface area contributed by atoms with Crippen LogP contribution in [0.5, 0.6) is 0 Å². The Balaban J connectivity index is 1.90. The van der Waals surface area contributed by atoms with E-state index in [0.29, 0.717) is 12.3 Å². The summed E-state index contributed by atoms with van der Waals surface area (Å²) in [7, 11) is 0. The number of fused-ring (bicyclic) bond motifs is 1.